The molecule has 31 heavy (non-hydrogen) atoms. The van der Waals surface area contributed by atoms with Gasteiger partial charge in [-0.3, -0.25) is 14.4 Å². The van der Waals surface area contributed by atoms with E-state index >= 15 is 0 Å². The number of para-hydroxylation sites is 1. The normalized spacial score (nSPS) is 20.9. The van der Waals surface area contributed by atoms with Crippen LogP contribution in [0.25, 0.3) is 0 Å². The van der Waals surface area contributed by atoms with Crippen molar-refractivity contribution in [3.05, 3.63) is 41.0 Å². The van der Waals surface area contributed by atoms with Gasteiger partial charge in [-0.15, -0.1) is 0 Å². The zero-order valence-corrected chi connectivity index (χ0v) is 17.3. The van der Waals surface area contributed by atoms with Crippen molar-refractivity contribution in [2.24, 2.45) is 0 Å². The van der Waals surface area contributed by atoms with Gasteiger partial charge in [0.05, 0.1) is 7.11 Å². The number of ketones is 1. The molecule has 4 rings (SSSR count). The molecular weight excluding hydrogens is 408 g/mol. The summed E-state index contributed by atoms with van der Waals surface area (Å²) >= 11 is 0. The third-order valence-corrected chi connectivity index (χ3v) is 5.24. The molecule has 0 fully saturated rings. The summed E-state index contributed by atoms with van der Waals surface area (Å²) < 4.78 is 27.4. The number of methoxy groups -OCH3 is 1. The summed E-state index contributed by atoms with van der Waals surface area (Å²) in [6.45, 7) is 3.86. The van der Waals surface area contributed by atoms with Crippen LogP contribution in [-0.2, 0) is 15.2 Å². The maximum absolute atomic E-state index is 13.7. The van der Waals surface area contributed by atoms with E-state index in [1.54, 1.807) is 6.92 Å². The second-order valence-corrected chi connectivity index (χ2v) is 7.24. The van der Waals surface area contributed by atoms with Crippen LogP contribution in [0.2, 0.25) is 0 Å². The van der Waals surface area contributed by atoms with Crippen molar-refractivity contribution in [3.8, 4) is 28.7 Å². The molecule has 0 saturated carbocycles. The van der Waals surface area contributed by atoms with Crippen molar-refractivity contribution in [3.63, 3.8) is 0 Å². The van der Waals surface area contributed by atoms with E-state index in [4.69, 9.17) is 23.7 Å². The van der Waals surface area contributed by atoms with Gasteiger partial charge in [0.15, 0.2) is 29.0 Å². The first-order valence-corrected chi connectivity index (χ1v) is 9.47. The highest BCUT2D eigenvalue weighted by atomic mass is 16.6. The predicted octanol–water partition coefficient (Wildman–Crippen LogP) is 2.08. The molecule has 9 heteroatoms. The number of benzene rings is 2. The van der Waals surface area contributed by atoms with E-state index in [1.165, 1.54) is 45.2 Å². The highest BCUT2D eigenvalue weighted by molar-refractivity contribution is 6.10. The Labute approximate surface area is 177 Å². The largest absolute Gasteiger partial charge is 0.496 e. The van der Waals surface area contributed by atoms with Crippen LogP contribution in [0.4, 0.5) is 0 Å². The predicted molar refractivity (Wildman–Crippen MR) is 105 cm³/mol. The third kappa shape index (κ3) is 3.09. The van der Waals surface area contributed by atoms with Crippen LogP contribution < -0.4 is 23.7 Å². The van der Waals surface area contributed by atoms with E-state index in [9.17, 15) is 19.5 Å². The van der Waals surface area contributed by atoms with Crippen molar-refractivity contribution >= 4 is 17.7 Å². The van der Waals surface area contributed by atoms with E-state index in [0.717, 1.165) is 0 Å². The van der Waals surface area contributed by atoms with Crippen LogP contribution in [0.3, 0.4) is 0 Å². The first kappa shape index (κ1) is 20.7. The first-order chi connectivity index (χ1) is 14.7. The molecule has 2 aromatic rings. The van der Waals surface area contributed by atoms with Crippen LogP contribution >= 0.6 is 0 Å². The Morgan fingerprint density at radius 1 is 1.16 bits per heavy atom. The molecular formula is C22H20O9. The van der Waals surface area contributed by atoms with E-state index in [1.807, 2.05) is 0 Å². The van der Waals surface area contributed by atoms with Crippen LogP contribution in [-0.4, -0.2) is 42.6 Å². The first-order valence-electron chi connectivity index (χ1n) is 9.47. The number of esters is 2. The maximum Gasteiger partial charge on any atom is 0.308 e. The van der Waals surface area contributed by atoms with Gasteiger partial charge in [0.2, 0.25) is 5.78 Å². The fourth-order valence-corrected chi connectivity index (χ4v) is 3.89. The Kier molecular flexibility index (Phi) is 4.85. The van der Waals surface area contributed by atoms with Gasteiger partial charge < -0.3 is 28.8 Å². The SMILES string of the molecule is COc1cc2c(c(OC(C)=O)c1C)C(=O)[C@]1(O)c3cccc(OC(C)=O)c3OC[C@H]1O2. The van der Waals surface area contributed by atoms with Crippen molar-refractivity contribution in [1.29, 1.82) is 0 Å². The number of hydrogen-bond donors (Lipinski definition) is 1. The van der Waals surface area contributed by atoms with Crippen molar-refractivity contribution in [1.82, 2.24) is 0 Å². The van der Waals surface area contributed by atoms with Crippen LogP contribution in [0.1, 0.15) is 35.3 Å². The number of Topliss-reactive ketones (excluding diaryl/α,β-unsaturated/α-hetero) is 1. The standard InChI is InChI=1S/C22H20O9/c1-10-15(27-4)8-16-18(19(10)30-12(3)24)21(25)22(26)13-6-5-7-14(29-11(2)23)20(13)28-9-17(22)31-16/h5-8,17,26H,9H2,1-4H3/t17-,22+/m1/s1. The van der Waals surface area contributed by atoms with Gasteiger partial charge in [0.1, 0.15) is 23.7 Å². The molecule has 0 saturated heterocycles. The summed E-state index contributed by atoms with van der Waals surface area (Å²) in [5.74, 6) is -1.43. The Morgan fingerprint density at radius 2 is 1.87 bits per heavy atom. The molecule has 9 nitrogen and oxygen atoms in total. The average molecular weight is 428 g/mol. The lowest BCUT2D eigenvalue weighted by atomic mass is 9.77. The maximum atomic E-state index is 13.7. The molecule has 0 unspecified atom stereocenters. The molecule has 0 aliphatic carbocycles. The second-order valence-electron chi connectivity index (χ2n) is 7.24. The van der Waals surface area contributed by atoms with Crippen molar-refractivity contribution in [2.45, 2.75) is 32.5 Å². The number of carbonyl (C=O) groups is 3. The number of rotatable bonds is 3. The summed E-state index contributed by atoms with van der Waals surface area (Å²) in [4.78, 5) is 36.9. The average Bonchev–Trinajstić information content (AvgIpc) is 2.71. The Hall–Kier alpha value is -3.59. The minimum absolute atomic E-state index is 0.0529. The monoisotopic (exact) mass is 428 g/mol. The summed E-state index contributed by atoms with van der Waals surface area (Å²) in [7, 11) is 1.43. The second kappa shape index (κ2) is 7.28. The van der Waals surface area contributed by atoms with E-state index in [0.29, 0.717) is 11.3 Å². The minimum Gasteiger partial charge on any atom is -0.496 e. The molecule has 2 aliphatic rings. The summed E-state index contributed by atoms with van der Waals surface area (Å²) in [5, 5.41) is 11.6. The molecule has 0 amide bonds. The van der Waals surface area contributed by atoms with Crippen molar-refractivity contribution in [2.75, 3.05) is 13.7 Å². The summed E-state index contributed by atoms with van der Waals surface area (Å²) in [6, 6.07) is 6.00. The highest BCUT2D eigenvalue weighted by Crippen LogP contribution is 2.52. The number of aliphatic hydroxyl groups is 1. The third-order valence-electron chi connectivity index (χ3n) is 5.24. The molecule has 162 valence electrons. The van der Waals surface area contributed by atoms with E-state index in [-0.39, 0.29) is 40.7 Å². The lowest BCUT2D eigenvalue weighted by Crippen LogP contribution is -2.57. The molecule has 2 heterocycles. The minimum atomic E-state index is -2.16. The van der Waals surface area contributed by atoms with E-state index in [2.05, 4.69) is 0 Å². The van der Waals surface area contributed by atoms with Crippen LogP contribution in [0.5, 0.6) is 28.7 Å². The van der Waals surface area contributed by atoms with Crippen LogP contribution in [0, 0.1) is 6.92 Å². The molecule has 2 aromatic carbocycles. The number of fused-ring (bicyclic) bond motifs is 4. The van der Waals surface area contributed by atoms with Crippen LogP contribution in [0.15, 0.2) is 24.3 Å². The molecule has 2 aliphatic heterocycles. The molecule has 0 bridgehead atoms. The lowest BCUT2D eigenvalue weighted by molar-refractivity contribution is -0.132. The fourth-order valence-electron chi connectivity index (χ4n) is 3.89. The highest BCUT2D eigenvalue weighted by Gasteiger charge is 2.57. The molecule has 2 atom stereocenters. The molecule has 0 aromatic heterocycles. The molecule has 1 N–H and O–H groups in total. The van der Waals surface area contributed by atoms with Gasteiger partial charge in [0.25, 0.3) is 0 Å². The van der Waals surface area contributed by atoms with Gasteiger partial charge in [-0.1, -0.05) is 12.1 Å². The van der Waals surface area contributed by atoms with Gasteiger partial charge >= 0.3 is 11.9 Å². The zero-order valence-electron chi connectivity index (χ0n) is 17.3. The van der Waals surface area contributed by atoms with Gasteiger partial charge in [-0.05, 0) is 13.0 Å². The topological polar surface area (TPSA) is 118 Å². The molecule has 0 radical (unpaired) electrons. The van der Waals surface area contributed by atoms with Gasteiger partial charge in [0, 0.05) is 31.0 Å². The van der Waals surface area contributed by atoms with E-state index < -0.39 is 29.4 Å². The quantitative estimate of drug-likeness (QED) is 0.579. The van der Waals surface area contributed by atoms with Gasteiger partial charge in [-0.25, -0.2) is 0 Å². The Morgan fingerprint density at radius 3 is 2.52 bits per heavy atom. The lowest BCUT2D eigenvalue weighted by Gasteiger charge is -2.43. The number of ether oxygens (including phenoxy) is 5. The zero-order chi connectivity index (χ0) is 22.5. The molecule has 0 spiro atoms. The number of hydrogen-bond acceptors (Lipinski definition) is 9. The summed E-state index contributed by atoms with van der Waals surface area (Å²) in [5.41, 5.74) is -1.76. The number of carbonyl (C=O) groups excluding carboxylic acids is 3. The van der Waals surface area contributed by atoms with Crippen molar-refractivity contribution < 1.29 is 43.2 Å². The van der Waals surface area contributed by atoms with Gasteiger partial charge in [-0.2, -0.15) is 0 Å². The summed E-state index contributed by atoms with van der Waals surface area (Å²) in [6.07, 6.45) is -1.09. The smallest absolute Gasteiger partial charge is 0.308 e. The Bertz CT molecular complexity index is 1120. The Balaban J connectivity index is 1.93. The fraction of sp³-hybridized carbons (Fsp3) is 0.318.